The van der Waals surface area contributed by atoms with Gasteiger partial charge in [0.25, 0.3) is 5.91 Å². The third-order valence-electron chi connectivity index (χ3n) is 5.13. The first kappa shape index (κ1) is 15.9. The van der Waals surface area contributed by atoms with Crippen molar-refractivity contribution in [3.8, 4) is 0 Å². The summed E-state index contributed by atoms with van der Waals surface area (Å²) in [6, 6.07) is 6.17. The van der Waals surface area contributed by atoms with Crippen LogP contribution in [0.4, 0.5) is 0 Å². The van der Waals surface area contributed by atoms with Gasteiger partial charge in [-0.2, -0.15) is 0 Å². The Morgan fingerprint density at radius 3 is 2.88 bits per heavy atom. The molecule has 2 aromatic rings. The van der Waals surface area contributed by atoms with Crippen LogP contribution in [0.1, 0.15) is 57.6 Å². The monoisotopic (exact) mass is 344 g/mol. The molecular formula is C19H24N2O2S. The number of carbonyl (C=O) groups is 1. The lowest BCUT2D eigenvalue weighted by Gasteiger charge is -2.33. The van der Waals surface area contributed by atoms with Crippen molar-refractivity contribution >= 4 is 17.2 Å². The highest BCUT2D eigenvalue weighted by atomic mass is 32.1. The molecule has 24 heavy (non-hydrogen) atoms. The number of amides is 1. The van der Waals surface area contributed by atoms with Crippen molar-refractivity contribution in [2.45, 2.75) is 44.6 Å². The van der Waals surface area contributed by atoms with Gasteiger partial charge in [0.2, 0.25) is 0 Å². The Morgan fingerprint density at radius 1 is 1.25 bits per heavy atom. The standard InChI is InChI=1S/C19H24N2O2S/c22-19(18-12-14-6-4-8-17(14)24-18)20-13-15(16-7-5-11-23-16)21-9-2-1-3-10-21/h5,7,11-12,15H,1-4,6,8-10,13H2,(H,20,22)/t15-/m1/s1. The first-order chi connectivity index (χ1) is 11.8. The first-order valence-corrected chi connectivity index (χ1v) is 9.80. The number of hydrogen-bond acceptors (Lipinski definition) is 4. The molecule has 0 spiro atoms. The van der Waals surface area contributed by atoms with E-state index >= 15 is 0 Å². The molecule has 1 aliphatic carbocycles. The number of rotatable bonds is 5. The van der Waals surface area contributed by atoms with Crippen LogP contribution in [0.3, 0.4) is 0 Å². The average molecular weight is 344 g/mol. The van der Waals surface area contributed by atoms with Gasteiger partial charge in [0, 0.05) is 11.4 Å². The molecule has 2 aromatic heterocycles. The zero-order valence-electron chi connectivity index (χ0n) is 13.9. The fourth-order valence-electron chi connectivity index (χ4n) is 3.84. The van der Waals surface area contributed by atoms with E-state index < -0.39 is 0 Å². The topological polar surface area (TPSA) is 45.5 Å². The average Bonchev–Trinajstić information content (AvgIpc) is 3.33. The molecule has 0 bridgehead atoms. The van der Waals surface area contributed by atoms with Crippen LogP contribution >= 0.6 is 11.3 Å². The van der Waals surface area contributed by atoms with E-state index in [0.717, 1.165) is 36.6 Å². The summed E-state index contributed by atoms with van der Waals surface area (Å²) in [4.78, 5) is 17.3. The highest BCUT2D eigenvalue weighted by Gasteiger charge is 2.26. The number of hydrogen-bond donors (Lipinski definition) is 1. The first-order valence-electron chi connectivity index (χ1n) is 8.98. The highest BCUT2D eigenvalue weighted by molar-refractivity contribution is 7.14. The van der Waals surface area contributed by atoms with Crippen LogP contribution in [0.2, 0.25) is 0 Å². The summed E-state index contributed by atoms with van der Waals surface area (Å²) >= 11 is 1.67. The molecule has 2 aliphatic rings. The van der Waals surface area contributed by atoms with E-state index in [0.29, 0.717) is 6.54 Å². The number of thiophene rings is 1. The second-order valence-corrected chi connectivity index (χ2v) is 7.89. The van der Waals surface area contributed by atoms with Gasteiger partial charge in [-0.05, 0) is 69.0 Å². The van der Waals surface area contributed by atoms with Gasteiger partial charge in [0.05, 0.1) is 17.2 Å². The third kappa shape index (κ3) is 3.28. The van der Waals surface area contributed by atoms with Crippen LogP contribution < -0.4 is 5.32 Å². The number of nitrogens with zero attached hydrogens (tertiary/aromatic N) is 1. The molecule has 0 unspecified atom stereocenters. The predicted molar refractivity (Wildman–Crippen MR) is 95.6 cm³/mol. The SMILES string of the molecule is O=C(NC[C@H](c1ccco1)N1CCCCC1)c1cc2c(s1)CCC2. The fraction of sp³-hybridized carbons (Fsp3) is 0.526. The second kappa shape index (κ2) is 7.11. The Morgan fingerprint density at radius 2 is 2.12 bits per heavy atom. The van der Waals surface area contributed by atoms with Crippen molar-refractivity contribution in [1.82, 2.24) is 10.2 Å². The maximum absolute atomic E-state index is 12.6. The highest BCUT2D eigenvalue weighted by Crippen LogP contribution is 2.31. The van der Waals surface area contributed by atoms with E-state index in [1.165, 1.54) is 36.1 Å². The number of aryl methyl sites for hydroxylation is 2. The third-order valence-corrected chi connectivity index (χ3v) is 6.37. The van der Waals surface area contributed by atoms with Crippen molar-refractivity contribution in [3.63, 3.8) is 0 Å². The fourth-order valence-corrected chi connectivity index (χ4v) is 5.01. The van der Waals surface area contributed by atoms with E-state index in [4.69, 9.17) is 4.42 Å². The van der Waals surface area contributed by atoms with Crippen molar-refractivity contribution in [2.24, 2.45) is 0 Å². The maximum Gasteiger partial charge on any atom is 0.261 e. The van der Waals surface area contributed by atoms with Crippen LogP contribution in [0.5, 0.6) is 0 Å². The van der Waals surface area contributed by atoms with Gasteiger partial charge in [-0.1, -0.05) is 6.42 Å². The molecular weight excluding hydrogens is 320 g/mol. The quantitative estimate of drug-likeness (QED) is 0.898. The lowest BCUT2D eigenvalue weighted by Crippen LogP contribution is -2.40. The number of carbonyl (C=O) groups excluding carboxylic acids is 1. The van der Waals surface area contributed by atoms with Gasteiger partial charge in [0.15, 0.2) is 0 Å². The van der Waals surface area contributed by atoms with Gasteiger partial charge in [-0.15, -0.1) is 11.3 Å². The van der Waals surface area contributed by atoms with Gasteiger partial charge < -0.3 is 9.73 Å². The molecule has 1 amide bonds. The second-order valence-electron chi connectivity index (χ2n) is 6.75. The summed E-state index contributed by atoms with van der Waals surface area (Å²) < 4.78 is 5.65. The molecule has 1 fully saturated rings. The van der Waals surface area contributed by atoms with E-state index in [1.807, 2.05) is 12.1 Å². The molecule has 1 aliphatic heterocycles. The van der Waals surface area contributed by atoms with Crippen molar-refractivity contribution in [3.05, 3.63) is 45.5 Å². The summed E-state index contributed by atoms with van der Waals surface area (Å²) in [5, 5.41) is 3.14. The van der Waals surface area contributed by atoms with Crippen LogP contribution in [0, 0.1) is 0 Å². The van der Waals surface area contributed by atoms with Crippen molar-refractivity contribution in [2.75, 3.05) is 19.6 Å². The van der Waals surface area contributed by atoms with Crippen LogP contribution in [-0.2, 0) is 12.8 Å². The molecule has 4 rings (SSSR count). The molecule has 1 saturated heterocycles. The Hall–Kier alpha value is -1.59. The normalized spacial score (nSPS) is 19.2. The van der Waals surface area contributed by atoms with Crippen LogP contribution in [0.15, 0.2) is 28.9 Å². The van der Waals surface area contributed by atoms with E-state index in [1.54, 1.807) is 17.6 Å². The van der Waals surface area contributed by atoms with E-state index in [9.17, 15) is 4.79 Å². The Bertz CT molecular complexity index is 665. The van der Waals surface area contributed by atoms with Crippen LogP contribution in [0.25, 0.3) is 0 Å². The van der Waals surface area contributed by atoms with Crippen LogP contribution in [-0.4, -0.2) is 30.4 Å². The van der Waals surface area contributed by atoms with Gasteiger partial charge >= 0.3 is 0 Å². The number of likely N-dealkylation sites (tertiary alicyclic amines) is 1. The molecule has 3 heterocycles. The summed E-state index contributed by atoms with van der Waals surface area (Å²) in [6.07, 6.45) is 8.97. The lowest BCUT2D eigenvalue weighted by molar-refractivity contribution is 0.0918. The number of furan rings is 1. The molecule has 0 radical (unpaired) electrons. The van der Waals surface area contributed by atoms with Gasteiger partial charge in [-0.25, -0.2) is 0 Å². The lowest BCUT2D eigenvalue weighted by atomic mass is 10.1. The molecule has 1 N–H and O–H groups in total. The maximum atomic E-state index is 12.6. The summed E-state index contributed by atoms with van der Waals surface area (Å²) in [7, 11) is 0. The van der Waals surface area contributed by atoms with E-state index in [-0.39, 0.29) is 11.9 Å². The number of fused-ring (bicyclic) bond motifs is 1. The van der Waals surface area contributed by atoms with E-state index in [2.05, 4.69) is 16.3 Å². The summed E-state index contributed by atoms with van der Waals surface area (Å²) in [5.41, 5.74) is 1.38. The minimum Gasteiger partial charge on any atom is -0.468 e. The summed E-state index contributed by atoms with van der Waals surface area (Å²) in [5.74, 6) is 1.01. The number of piperidine rings is 1. The Labute approximate surface area is 146 Å². The Kier molecular flexibility index (Phi) is 4.72. The molecule has 0 saturated carbocycles. The van der Waals surface area contributed by atoms with Gasteiger partial charge in [-0.3, -0.25) is 9.69 Å². The molecule has 5 heteroatoms. The molecule has 128 valence electrons. The Balaban J connectivity index is 1.43. The molecule has 4 nitrogen and oxygen atoms in total. The predicted octanol–water partition coefficient (Wildman–Crippen LogP) is 3.79. The molecule has 0 aromatic carbocycles. The number of nitrogens with one attached hydrogen (secondary N) is 1. The minimum absolute atomic E-state index is 0.0583. The summed E-state index contributed by atoms with van der Waals surface area (Å²) in [6.45, 7) is 2.76. The molecule has 1 atom stereocenters. The smallest absolute Gasteiger partial charge is 0.261 e. The zero-order valence-corrected chi connectivity index (χ0v) is 14.7. The van der Waals surface area contributed by atoms with Gasteiger partial charge in [0.1, 0.15) is 5.76 Å². The minimum atomic E-state index is 0.0583. The van der Waals surface area contributed by atoms with Crippen molar-refractivity contribution in [1.29, 1.82) is 0 Å². The van der Waals surface area contributed by atoms with Crippen molar-refractivity contribution < 1.29 is 9.21 Å². The zero-order chi connectivity index (χ0) is 16.4. The largest absolute Gasteiger partial charge is 0.468 e.